The Balaban J connectivity index is 2.78. The Labute approximate surface area is 123 Å². The molecule has 0 aliphatic heterocycles. The molecule has 1 rings (SSSR count). The van der Waals surface area contributed by atoms with Crippen molar-refractivity contribution in [2.24, 2.45) is 0 Å². The molecule has 0 aliphatic carbocycles. The largest absolute Gasteiger partial charge is 0.481 e. The number of aromatic nitrogens is 1. The summed E-state index contributed by atoms with van der Waals surface area (Å²) in [5, 5.41) is 11.3. The van der Waals surface area contributed by atoms with Gasteiger partial charge in [-0.25, -0.2) is 9.78 Å². The third-order valence-corrected chi connectivity index (χ3v) is 2.58. The fraction of sp³-hybridized carbons (Fsp3) is 0.500. The molecule has 2 N–H and O–H groups in total. The number of ether oxygens (including phenoxy) is 1. The summed E-state index contributed by atoms with van der Waals surface area (Å²) in [7, 11) is 1.53. The Kier molecular flexibility index (Phi) is 5.95. The first kappa shape index (κ1) is 16.7. The van der Waals surface area contributed by atoms with Crippen LogP contribution < -0.4 is 10.1 Å². The normalized spacial score (nSPS) is 10.3. The van der Waals surface area contributed by atoms with E-state index in [1.54, 1.807) is 12.3 Å². The van der Waals surface area contributed by atoms with Crippen molar-refractivity contribution in [1.29, 1.82) is 0 Å². The second-order valence-corrected chi connectivity index (χ2v) is 5.03. The van der Waals surface area contributed by atoms with Crippen molar-refractivity contribution >= 4 is 17.7 Å². The van der Waals surface area contributed by atoms with Crippen molar-refractivity contribution < 1.29 is 19.4 Å². The molecule has 0 aromatic carbocycles. The topological polar surface area (TPSA) is 91.8 Å². The molecule has 1 aromatic rings. The fourth-order valence-electron chi connectivity index (χ4n) is 1.54. The van der Waals surface area contributed by atoms with Crippen LogP contribution >= 0.6 is 0 Å². The molecule has 0 atom stereocenters. The van der Waals surface area contributed by atoms with E-state index in [9.17, 15) is 9.59 Å². The van der Waals surface area contributed by atoms with E-state index in [-0.39, 0.29) is 19.1 Å². The van der Waals surface area contributed by atoms with E-state index < -0.39 is 12.0 Å². The van der Waals surface area contributed by atoms with Crippen molar-refractivity contribution in [2.75, 3.05) is 18.9 Å². The molecule has 0 spiro atoms. The summed E-state index contributed by atoms with van der Waals surface area (Å²) in [5.74, 6) is -0.605. The Morgan fingerprint density at radius 1 is 1.48 bits per heavy atom. The molecule has 2 amide bonds. The van der Waals surface area contributed by atoms with Gasteiger partial charge in [-0.05, 0) is 32.4 Å². The van der Waals surface area contributed by atoms with Crippen LogP contribution in [0, 0.1) is 6.92 Å². The lowest BCUT2D eigenvalue weighted by atomic mass is 10.3. The second kappa shape index (κ2) is 7.47. The minimum absolute atomic E-state index is 0.0689. The Bertz CT molecular complexity index is 517. The molecular weight excluding hydrogens is 274 g/mol. The average Bonchev–Trinajstić information content (AvgIpc) is 2.38. The van der Waals surface area contributed by atoms with Gasteiger partial charge in [-0.15, -0.1) is 0 Å². The summed E-state index contributed by atoms with van der Waals surface area (Å²) >= 11 is 0. The number of carbonyl (C=O) groups is 2. The van der Waals surface area contributed by atoms with Gasteiger partial charge in [0.1, 0.15) is 5.69 Å². The average molecular weight is 295 g/mol. The quantitative estimate of drug-likeness (QED) is 0.838. The number of carbonyl (C=O) groups excluding carboxylic acids is 1. The number of aryl methyl sites for hydroxylation is 1. The smallest absolute Gasteiger partial charge is 0.321 e. The summed E-state index contributed by atoms with van der Waals surface area (Å²) in [6, 6.07) is 1.35. The molecule has 0 fully saturated rings. The van der Waals surface area contributed by atoms with Crippen LogP contribution in [0.5, 0.6) is 5.88 Å². The first-order valence-electron chi connectivity index (χ1n) is 6.66. The third-order valence-electron chi connectivity index (χ3n) is 2.58. The molecule has 0 bridgehead atoms. The summed E-state index contributed by atoms with van der Waals surface area (Å²) in [6.07, 6.45) is 1.48. The minimum Gasteiger partial charge on any atom is -0.481 e. The number of carboxylic acid groups (broad SMARTS) is 1. The van der Waals surface area contributed by atoms with Crippen LogP contribution in [0.3, 0.4) is 0 Å². The Hall–Kier alpha value is -2.31. The zero-order valence-electron chi connectivity index (χ0n) is 12.7. The van der Waals surface area contributed by atoms with E-state index >= 15 is 0 Å². The molecule has 1 aromatic heterocycles. The third kappa shape index (κ3) is 5.68. The molecule has 0 radical (unpaired) electrons. The zero-order valence-corrected chi connectivity index (χ0v) is 12.7. The molecule has 116 valence electrons. The lowest BCUT2D eigenvalue weighted by Crippen LogP contribution is -2.33. The molecule has 0 saturated carbocycles. The molecule has 21 heavy (non-hydrogen) atoms. The predicted octanol–water partition coefficient (Wildman–Crippen LogP) is 2.12. The number of pyridine rings is 1. The number of amides is 2. The number of nitrogens with one attached hydrogen (secondary N) is 1. The highest BCUT2D eigenvalue weighted by atomic mass is 16.5. The van der Waals surface area contributed by atoms with Crippen LogP contribution in [0.15, 0.2) is 12.3 Å². The van der Waals surface area contributed by atoms with E-state index in [0.29, 0.717) is 11.6 Å². The summed E-state index contributed by atoms with van der Waals surface area (Å²) in [5.41, 5.74) is 1.35. The molecule has 7 nitrogen and oxygen atoms in total. The number of aliphatic carboxylic acids is 1. The standard InChI is InChI=1S/C14H21N3O4/c1-9(2)21-13-11(7-10(3)8-15-13)16-14(20)17(4)6-5-12(18)19/h7-9H,5-6H2,1-4H3,(H,16,20)(H,18,19). The van der Waals surface area contributed by atoms with E-state index in [1.807, 2.05) is 20.8 Å². The van der Waals surface area contributed by atoms with Crippen molar-refractivity contribution in [2.45, 2.75) is 33.3 Å². The summed E-state index contributed by atoms with van der Waals surface area (Å²) in [6.45, 7) is 5.72. The second-order valence-electron chi connectivity index (χ2n) is 5.03. The molecule has 7 heteroatoms. The first-order chi connectivity index (χ1) is 9.79. The van der Waals surface area contributed by atoms with Crippen LogP contribution in [0.1, 0.15) is 25.8 Å². The number of nitrogens with zero attached hydrogens (tertiary/aromatic N) is 2. The predicted molar refractivity (Wildman–Crippen MR) is 78.6 cm³/mol. The van der Waals surface area contributed by atoms with Gasteiger partial charge in [0.15, 0.2) is 0 Å². The maximum Gasteiger partial charge on any atom is 0.321 e. The van der Waals surface area contributed by atoms with Crippen molar-refractivity contribution in [1.82, 2.24) is 9.88 Å². The maximum atomic E-state index is 12.0. The van der Waals surface area contributed by atoms with Crippen LogP contribution in [0.4, 0.5) is 10.5 Å². The fourth-order valence-corrected chi connectivity index (χ4v) is 1.54. The van der Waals surface area contributed by atoms with Gasteiger partial charge in [0.05, 0.1) is 12.5 Å². The van der Waals surface area contributed by atoms with Gasteiger partial charge in [0.25, 0.3) is 0 Å². The Morgan fingerprint density at radius 3 is 2.71 bits per heavy atom. The van der Waals surface area contributed by atoms with Crippen molar-refractivity contribution in [3.63, 3.8) is 0 Å². The van der Waals surface area contributed by atoms with Crippen LogP contribution in [-0.4, -0.2) is 46.7 Å². The molecule has 0 aliphatic rings. The van der Waals surface area contributed by atoms with Crippen LogP contribution in [0.25, 0.3) is 0 Å². The number of anilines is 1. The summed E-state index contributed by atoms with van der Waals surface area (Å²) < 4.78 is 5.54. The van der Waals surface area contributed by atoms with Gasteiger partial charge >= 0.3 is 12.0 Å². The van der Waals surface area contributed by atoms with Gasteiger partial charge in [-0.1, -0.05) is 0 Å². The number of carboxylic acids is 1. The highest BCUT2D eigenvalue weighted by Gasteiger charge is 2.14. The number of urea groups is 1. The lowest BCUT2D eigenvalue weighted by molar-refractivity contribution is -0.137. The zero-order chi connectivity index (χ0) is 16.0. The van der Waals surface area contributed by atoms with Crippen molar-refractivity contribution in [3.05, 3.63) is 17.8 Å². The highest BCUT2D eigenvalue weighted by Crippen LogP contribution is 2.23. The highest BCUT2D eigenvalue weighted by molar-refractivity contribution is 5.90. The number of hydrogen-bond donors (Lipinski definition) is 2. The number of rotatable bonds is 6. The van der Waals surface area contributed by atoms with E-state index in [2.05, 4.69) is 10.3 Å². The van der Waals surface area contributed by atoms with Crippen LogP contribution in [-0.2, 0) is 4.79 Å². The van der Waals surface area contributed by atoms with Gasteiger partial charge in [0.2, 0.25) is 5.88 Å². The summed E-state index contributed by atoms with van der Waals surface area (Å²) in [4.78, 5) is 28.0. The monoisotopic (exact) mass is 295 g/mol. The molecule has 0 saturated heterocycles. The van der Waals surface area contributed by atoms with E-state index in [1.165, 1.54) is 11.9 Å². The van der Waals surface area contributed by atoms with Gasteiger partial charge < -0.3 is 20.1 Å². The molecular formula is C14H21N3O4. The lowest BCUT2D eigenvalue weighted by Gasteiger charge is -2.19. The van der Waals surface area contributed by atoms with Gasteiger partial charge in [0, 0.05) is 19.8 Å². The molecule has 1 heterocycles. The van der Waals surface area contributed by atoms with Crippen molar-refractivity contribution in [3.8, 4) is 5.88 Å². The molecule has 0 unspecified atom stereocenters. The van der Waals surface area contributed by atoms with Gasteiger partial charge in [-0.2, -0.15) is 0 Å². The Morgan fingerprint density at radius 2 is 2.14 bits per heavy atom. The number of hydrogen-bond acceptors (Lipinski definition) is 4. The van der Waals surface area contributed by atoms with Crippen LogP contribution in [0.2, 0.25) is 0 Å². The maximum absolute atomic E-state index is 12.0. The van der Waals surface area contributed by atoms with E-state index in [4.69, 9.17) is 9.84 Å². The van der Waals surface area contributed by atoms with E-state index in [0.717, 1.165) is 5.56 Å². The SMILES string of the molecule is Cc1cnc(OC(C)C)c(NC(=O)N(C)CCC(=O)O)c1. The first-order valence-corrected chi connectivity index (χ1v) is 6.66. The minimum atomic E-state index is -0.948. The van der Waals surface area contributed by atoms with Gasteiger partial charge in [-0.3, -0.25) is 4.79 Å².